The summed E-state index contributed by atoms with van der Waals surface area (Å²) in [6.07, 6.45) is -0.864. The lowest BCUT2D eigenvalue weighted by molar-refractivity contribution is -0.168. The summed E-state index contributed by atoms with van der Waals surface area (Å²) in [5, 5.41) is 14.9. The number of hydrogen-bond acceptors (Lipinski definition) is 7. The Bertz CT molecular complexity index is 656. The van der Waals surface area contributed by atoms with Crippen molar-refractivity contribution in [2.45, 2.75) is 33.0 Å². The van der Waals surface area contributed by atoms with Crippen molar-refractivity contribution >= 4 is 17.9 Å². The van der Waals surface area contributed by atoms with Crippen LogP contribution in [0.2, 0.25) is 0 Å². The molecule has 0 aliphatic carbocycles. The molecule has 142 valence electrons. The molecular formula is C18H26N4O4. The molecule has 2 atom stereocenters. The highest BCUT2D eigenvalue weighted by molar-refractivity contribution is 6.28. The van der Waals surface area contributed by atoms with Crippen molar-refractivity contribution in [2.75, 3.05) is 26.2 Å². The van der Waals surface area contributed by atoms with E-state index in [0.717, 1.165) is 30.8 Å². The average Bonchev–Trinajstić information content (AvgIpc) is 3.02. The molecule has 0 saturated heterocycles. The molecule has 0 aromatic heterocycles. The SMILES string of the molecule is CCN(CC)CCNC1=NC(c2ccc(C)cc2)C(OC(=O)C(=O)O)N1. The van der Waals surface area contributed by atoms with Crippen molar-refractivity contribution in [3.8, 4) is 0 Å². The number of hydrogen-bond donors (Lipinski definition) is 3. The van der Waals surface area contributed by atoms with Crippen molar-refractivity contribution < 1.29 is 19.4 Å². The largest absolute Gasteiger partial charge is 0.473 e. The topological polar surface area (TPSA) is 103 Å². The number of aryl methyl sites for hydroxylation is 1. The minimum absolute atomic E-state index is 0.492. The van der Waals surface area contributed by atoms with Gasteiger partial charge in [-0.1, -0.05) is 43.7 Å². The van der Waals surface area contributed by atoms with Gasteiger partial charge in [0.1, 0.15) is 6.04 Å². The smallest absolute Gasteiger partial charge is 0.419 e. The van der Waals surface area contributed by atoms with E-state index in [-0.39, 0.29) is 0 Å². The van der Waals surface area contributed by atoms with Gasteiger partial charge in [-0.05, 0) is 25.6 Å². The number of rotatable bonds is 7. The maximum atomic E-state index is 11.5. The van der Waals surface area contributed by atoms with E-state index in [0.29, 0.717) is 12.5 Å². The zero-order valence-electron chi connectivity index (χ0n) is 15.4. The van der Waals surface area contributed by atoms with E-state index in [4.69, 9.17) is 9.84 Å². The highest BCUT2D eigenvalue weighted by atomic mass is 16.6. The summed E-state index contributed by atoms with van der Waals surface area (Å²) in [5.74, 6) is -2.44. The standard InChI is InChI=1S/C18H26N4O4/c1-4-22(5-2)11-10-19-18-20-14(13-8-6-12(3)7-9-13)15(21-18)26-17(25)16(23)24/h6-9,14-15H,4-5,10-11H2,1-3H3,(H,23,24)(H2,19,20,21). The molecule has 0 amide bonds. The van der Waals surface area contributed by atoms with Gasteiger partial charge in [-0.2, -0.15) is 0 Å². The van der Waals surface area contributed by atoms with Crippen LogP contribution >= 0.6 is 0 Å². The van der Waals surface area contributed by atoms with Gasteiger partial charge in [-0.3, -0.25) is 0 Å². The van der Waals surface area contributed by atoms with E-state index >= 15 is 0 Å². The molecule has 0 radical (unpaired) electrons. The maximum absolute atomic E-state index is 11.5. The molecule has 1 aliphatic heterocycles. The maximum Gasteiger partial charge on any atom is 0.419 e. The van der Waals surface area contributed by atoms with Gasteiger partial charge in [0.2, 0.25) is 6.23 Å². The van der Waals surface area contributed by atoms with E-state index in [1.54, 1.807) is 0 Å². The molecule has 2 rings (SSSR count). The molecule has 0 spiro atoms. The molecule has 0 fully saturated rings. The van der Waals surface area contributed by atoms with Gasteiger partial charge in [-0.15, -0.1) is 0 Å². The van der Waals surface area contributed by atoms with Gasteiger partial charge >= 0.3 is 11.9 Å². The van der Waals surface area contributed by atoms with Gasteiger partial charge in [0.25, 0.3) is 0 Å². The van der Waals surface area contributed by atoms with Gasteiger partial charge < -0.3 is 25.4 Å². The van der Waals surface area contributed by atoms with Crippen LogP contribution < -0.4 is 10.6 Å². The summed E-state index contributed by atoms with van der Waals surface area (Å²) in [6.45, 7) is 9.62. The number of nitrogens with zero attached hydrogens (tertiary/aromatic N) is 2. The number of carbonyl (C=O) groups is 2. The quantitative estimate of drug-likeness (QED) is 0.489. The van der Waals surface area contributed by atoms with Crippen LogP contribution in [0.3, 0.4) is 0 Å². The molecule has 3 N–H and O–H groups in total. The van der Waals surface area contributed by atoms with Crippen LogP contribution in [-0.2, 0) is 14.3 Å². The van der Waals surface area contributed by atoms with Gasteiger partial charge in [0, 0.05) is 13.1 Å². The molecule has 8 nitrogen and oxygen atoms in total. The zero-order valence-corrected chi connectivity index (χ0v) is 15.4. The Morgan fingerprint density at radius 2 is 1.92 bits per heavy atom. The fourth-order valence-electron chi connectivity index (χ4n) is 2.70. The third-order valence-corrected chi connectivity index (χ3v) is 4.28. The number of ether oxygens (including phenoxy) is 1. The number of carbonyl (C=O) groups excluding carboxylic acids is 1. The zero-order chi connectivity index (χ0) is 19.1. The van der Waals surface area contributed by atoms with Crippen LogP contribution in [0.25, 0.3) is 0 Å². The van der Waals surface area contributed by atoms with Crippen LogP contribution in [0, 0.1) is 6.92 Å². The summed E-state index contributed by atoms with van der Waals surface area (Å²) in [5.41, 5.74) is 1.94. The summed E-state index contributed by atoms with van der Waals surface area (Å²) < 4.78 is 5.06. The highest BCUT2D eigenvalue weighted by Gasteiger charge is 2.34. The summed E-state index contributed by atoms with van der Waals surface area (Å²) in [6, 6.07) is 7.16. The highest BCUT2D eigenvalue weighted by Crippen LogP contribution is 2.26. The molecule has 2 unspecified atom stereocenters. The second-order valence-corrected chi connectivity index (χ2v) is 6.06. The van der Waals surface area contributed by atoms with Crippen LogP contribution in [0.15, 0.2) is 29.3 Å². The number of benzene rings is 1. The van der Waals surface area contributed by atoms with E-state index in [1.165, 1.54) is 0 Å². The average molecular weight is 362 g/mol. The van der Waals surface area contributed by atoms with Crippen molar-refractivity contribution in [1.82, 2.24) is 15.5 Å². The van der Waals surface area contributed by atoms with Gasteiger partial charge in [0.15, 0.2) is 5.96 Å². The Labute approximate surface area is 153 Å². The Hall–Kier alpha value is -2.61. The molecule has 1 aromatic carbocycles. The molecule has 1 aromatic rings. The summed E-state index contributed by atoms with van der Waals surface area (Å²) in [4.78, 5) is 29.1. The summed E-state index contributed by atoms with van der Waals surface area (Å²) in [7, 11) is 0. The minimum Gasteiger partial charge on any atom is -0.473 e. The first kappa shape index (κ1) is 19.7. The Morgan fingerprint density at radius 1 is 1.27 bits per heavy atom. The number of likely N-dealkylation sites (N-methyl/N-ethyl adjacent to an activating group) is 1. The number of carboxylic acid groups (broad SMARTS) is 1. The van der Waals surface area contributed by atoms with Crippen LogP contribution in [-0.4, -0.2) is 60.3 Å². The monoisotopic (exact) mass is 362 g/mol. The van der Waals surface area contributed by atoms with E-state index < -0.39 is 24.2 Å². The fourth-order valence-corrected chi connectivity index (χ4v) is 2.70. The van der Waals surface area contributed by atoms with E-state index in [2.05, 4.69) is 34.4 Å². The molecule has 1 heterocycles. The molecule has 0 bridgehead atoms. The summed E-state index contributed by atoms with van der Waals surface area (Å²) >= 11 is 0. The number of aliphatic imine (C=N–C) groups is 1. The molecular weight excluding hydrogens is 336 g/mol. The van der Waals surface area contributed by atoms with Crippen molar-refractivity contribution in [3.63, 3.8) is 0 Å². The Kier molecular flexibility index (Phi) is 6.97. The van der Waals surface area contributed by atoms with Crippen molar-refractivity contribution in [2.24, 2.45) is 4.99 Å². The third-order valence-electron chi connectivity index (χ3n) is 4.28. The predicted octanol–water partition coefficient (Wildman–Crippen LogP) is 0.881. The lowest BCUT2D eigenvalue weighted by Crippen LogP contribution is -2.44. The fraction of sp³-hybridized carbons (Fsp3) is 0.500. The lowest BCUT2D eigenvalue weighted by atomic mass is 10.1. The number of aliphatic carboxylic acids is 1. The van der Waals surface area contributed by atoms with E-state index in [1.807, 2.05) is 31.2 Å². The molecule has 8 heteroatoms. The number of guanidine groups is 1. The second kappa shape index (κ2) is 9.19. The Morgan fingerprint density at radius 3 is 2.50 bits per heavy atom. The number of esters is 1. The minimum atomic E-state index is -1.63. The number of nitrogens with one attached hydrogen (secondary N) is 2. The predicted molar refractivity (Wildman–Crippen MR) is 97.8 cm³/mol. The van der Waals surface area contributed by atoms with Gasteiger partial charge in [-0.25, -0.2) is 14.6 Å². The normalized spacial score (nSPS) is 19.0. The first-order chi connectivity index (χ1) is 12.4. The molecule has 1 aliphatic rings. The second-order valence-electron chi connectivity index (χ2n) is 6.06. The van der Waals surface area contributed by atoms with Crippen LogP contribution in [0.4, 0.5) is 0 Å². The number of carboxylic acids is 1. The first-order valence-corrected chi connectivity index (χ1v) is 8.75. The van der Waals surface area contributed by atoms with Crippen LogP contribution in [0.1, 0.15) is 31.0 Å². The molecule has 26 heavy (non-hydrogen) atoms. The van der Waals surface area contributed by atoms with Crippen LogP contribution in [0.5, 0.6) is 0 Å². The van der Waals surface area contributed by atoms with Gasteiger partial charge in [0.05, 0.1) is 0 Å². The third kappa shape index (κ3) is 5.19. The Balaban J connectivity index is 2.07. The molecule has 0 saturated carbocycles. The van der Waals surface area contributed by atoms with Crippen molar-refractivity contribution in [1.29, 1.82) is 0 Å². The van der Waals surface area contributed by atoms with E-state index in [9.17, 15) is 9.59 Å². The lowest BCUT2D eigenvalue weighted by Gasteiger charge is -2.19. The first-order valence-electron chi connectivity index (χ1n) is 8.75. The van der Waals surface area contributed by atoms with Crippen molar-refractivity contribution in [3.05, 3.63) is 35.4 Å².